The summed E-state index contributed by atoms with van der Waals surface area (Å²) in [5.41, 5.74) is 2.75. The Hall–Kier alpha value is -2.60. The second kappa shape index (κ2) is 7.98. The van der Waals surface area contributed by atoms with Crippen molar-refractivity contribution in [2.45, 2.75) is 25.0 Å². The molecule has 2 aromatic carbocycles. The highest BCUT2D eigenvalue weighted by Crippen LogP contribution is 2.25. The van der Waals surface area contributed by atoms with E-state index in [-0.39, 0.29) is 18.2 Å². The Kier molecular flexibility index (Phi) is 5.50. The van der Waals surface area contributed by atoms with Gasteiger partial charge in [-0.25, -0.2) is 4.99 Å². The van der Waals surface area contributed by atoms with Crippen LogP contribution < -0.4 is 10.6 Å². The molecule has 25 heavy (non-hydrogen) atoms. The van der Waals surface area contributed by atoms with Crippen LogP contribution in [0.2, 0.25) is 0 Å². The van der Waals surface area contributed by atoms with Gasteiger partial charge in [0.2, 0.25) is 11.8 Å². The Bertz CT molecular complexity index is 788. The summed E-state index contributed by atoms with van der Waals surface area (Å²) >= 11 is 1.29. The lowest BCUT2D eigenvalue weighted by molar-refractivity contribution is -0.122. The van der Waals surface area contributed by atoms with Gasteiger partial charge in [-0.05, 0) is 36.2 Å². The zero-order chi connectivity index (χ0) is 17.6. The molecule has 0 aliphatic carbocycles. The number of nitrogens with zero attached hydrogens (tertiary/aromatic N) is 1. The molecule has 1 aliphatic rings. The number of thioether (sulfide) groups is 1. The number of carbonyl (C=O) groups excluding carboxylic acids is 2. The molecule has 1 saturated heterocycles. The van der Waals surface area contributed by atoms with Crippen molar-refractivity contribution in [3.8, 4) is 0 Å². The van der Waals surface area contributed by atoms with Crippen LogP contribution in [-0.2, 0) is 16.0 Å². The number of rotatable bonds is 5. The third-order valence-corrected chi connectivity index (χ3v) is 4.86. The van der Waals surface area contributed by atoms with E-state index in [1.807, 2.05) is 54.6 Å². The molecule has 0 saturated carbocycles. The lowest BCUT2D eigenvalue weighted by atomic mass is 10.2. The number of nitrogens with one attached hydrogen (secondary N) is 2. The highest BCUT2D eigenvalue weighted by Gasteiger charge is 2.32. The van der Waals surface area contributed by atoms with Crippen LogP contribution >= 0.6 is 11.8 Å². The summed E-state index contributed by atoms with van der Waals surface area (Å²) in [6, 6.07) is 17.1. The summed E-state index contributed by atoms with van der Waals surface area (Å²) in [6.07, 6.45) is 1.08. The first kappa shape index (κ1) is 17.2. The zero-order valence-corrected chi connectivity index (χ0v) is 14.7. The molecule has 0 spiro atoms. The molecule has 0 aromatic heterocycles. The Morgan fingerprint density at radius 2 is 1.88 bits per heavy atom. The van der Waals surface area contributed by atoms with Gasteiger partial charge in [-0.3, -0.25) is 9.59 Å². The van der Waals surface area contributed by atoms with Gasteiger partial charge in [0.15, 0.2) is 5.17 Å². The predicted molar refractivity (Wildman–Crippen MR) is 102 cm³/mol. The Labute approximate surface area is 150 Å². The van der Waals surface area contributed by atoms with Gasteiger partial charge in [-0.2, -0.15) is 0 Å². The van der Waals surface area contributed by atoms with Gasteiger partial charge in [0, 0.05) is 12.1 Å². The highest BCUT2D eigenvalue weighted by molar-refractivity contribution is 8.15. The first-order chi connectivity index (χ1) is 12.1. The van der Waals surface area contributed by atoms with E-state index in [9.17, 15) is 9.59 Å². The van der Waals surface area contributed by atoms with Crippen molar-refractivity contribution in [1.29, 1.82) is 0 Å². The van der Waals surface area contributed by atoms with Crippen molar-refractivity contribution >= 4 is 40.1 Å². The highest BCUT2D eigenvalue weighted by atomic mass is 32.2. The number of amides is 2. The average Bonchev–Trinajstić information content (AvgIpc) is 2.95. The molecular weight excluding hydrogens is 334 g/mol. The SMILES string of the molecule is CCc1ccc(N=C2NC(=O)[C@H](CC(=O)Nc3ccccc3)S2)cc1. The molecule has 6 heteroatoms. The summed E-state index contributed by atoms with van der Waals surface area (Å²) in [7, 11) is 0. The zero-order valence-electron chi connectivity index (χ0n) is 13.9. The first-order valence-electron chi connectivity index (χ1n) is 8.14. The molecule has 5 nitrogen and oxygen atoms in total. The van der Waals surface area contributed by atoms with E-state index < -0.39 is 5.25 Å². The molecule has 128 valence electrons. The molecule has 1 heterocycles. The van der Waals surface area contributed by atoms with Crippen LogP contribution in [0.25, 0.3) is 0 Å². The number of carbonyl (C=O) groups is 2. The minimum atomic E-state index is -0.461. The molecule has 1 atom stereocenters. The number of aliphatic imine (C=N–C) groups is 1. The molecule has 1 fully saturated rings. The van der Waals surface area contributed by atoms with Gasteiger partial charge < -0.3 is 10.6 Å². The Balaban J connectivity index is 1.60. The van der Waals surface area contributed by atoms with Gasteiger partial charge in [-0.15, -0.1) is 0 Å². The number of hydrogen-bond donors (Lipinski definition) is 2. The van der Waals surface area contributed by atoms with Crippen LogP contribution in [0.15, 0.2) is 59.6 Å². The van der Waals surface area contributed by atoms with Crippen molar-refractivity contribution < 1.29 is 9.59 Å². The molecule has 2 aromatic rings. The first-order valence-corrected chi connectivity index (χ1v) is 9.02. The van der Waals surface area contributed by atoms with Crippen LogP contribution in [0.5, 0.6) is 0 Å². The normalized spacial score (nSPS) is 18.2. The topological polar surface area (TPSA) is 70.6 Å². The standard InChI is InChI=1S/C19H19N3O2S/c1-2-13-8-10-15(11-9-13)21-19-22-18(24)16(25-19)12-17(23)20-14-6-4-3-5-7-14/h3-11,16H,2,12H2,1H3,(H,20,23)(H,21,22,24)/t16-/m0/s1. The lowest BCUT2D eigenvalue weighted by Crippen LogP contribution is -2.28. The third-order valence-electron chi connectivity index (χ3n) is 3.78. The average molecular weight is 353 g/mol. The number of anilines is 1. The number of hydrogen-bond acceptors (Lipinski definition) is 4. The van der Waals surface area contributed by atoms with Crippen LogP contribution in [-0.4, -0.2) is 22.2 Å². The molecular formula is C19H19N3O2S. The van der Waals surface area contributed by atoms with Crippen LogP contribution in [0.1, 0.15) is 18.9 Å². The maximum atomic E-state index is 12.1. The van der Waals surface area contributed by atoms with E-state index in [2.05, 4.69) is 22.5 Å². The van der Waals surface area contributed by atoms with Gasteiger partial charge in [-0.1, -0.05) is 49.0 Å². The van der Waals surface area contributed by atoms with Crippen molar-refractivity contribution in [1.82, 2.24) is 5.32 Å². The van der Waals surface area contributed by atoms with E-state index in [0.717, 1.165) is 17.8 Å². The number of aryl methyl sites for hydroxylation is 1. The van der Waals surface area contributed by atoms with Gasteiger partial charge >= 0.3 is 0 Å². The molecule has 2 N–H and O–H groups in total. The minimum absolute atomic E-state index is 0.110. The quantitative estimate of drug-likeness (QED) is 0.864. The van der Waals surface area contributed by atoms with Gasteiger partial charge in [0.05, 0.1) is 5.69 Å². The van der Waals surface area contributed by atoms with E-state index >= 15 is 0 Å². The fourth-order valence-electron chi connectivity index (χ4n) is 2.42. The third kappa shape index (κ3) is 4.70. The van der Waals surface area contributed by atoms with Crippen molar-refractivity contribution in [2.75, 3.05) is 5.32 Å². The number of para-hydroxylation sites is 1. The fourth-order valence-corrected chi connectivity index (χ4v) is 3.41. The van der Waals surface area contributed by atoms with E-state index in [1.54, 1.807) is 0 Å². The largest absolute Gasteiger partial charge is 0.326 e. The van der Waals surface area contributed by atoms with Crippen molar-refractivity contribution in [3.63, 3.8) is 0 Å². The van der Waals surface area contributed by atoms with Crippen LogP contribution in [0.4, 0.5) is 11.4 Å². The lowest BCUT2D eigenvalue weighted by Gasteiger charge is -2.07. The summed E-state index contributed by atoms with van der Waals surface area (Å²) in [6.45, 7) is 2.10. The predicted octanol–water partition coefficient (Wildman–Crippen LogP) is 3.50. The van der Waals surface area contributed by atoms with E-state index in [1.165, 1.54) is 17.3 Å². The summed E-state index contributed by atoms with van der Waals surface area (Å²) in [5, 5.41) is 5.61. The minimum Gasteiger partial charge on any atom is -0.326 e. The molecule has 0 bridgehead atoms. The Morgan fingerprint density at radius 3 is 2.56 bits per heavy atom. The summed E-state index contributed by atoms with van der Waals surface area (Å²) in [5.74, 6) is -0.371. The van der Waals surface area contributed by atoms with E-state index in [0.29, 0.717) is 5.17 Å². The molecule has 2 amide bonds. The van der Waals surface area contributed by atoms with Gasteiger partial charge in [0.1, 0.15) is 5.25 Å². The fraction of sp³-hybridized carbons (Fsp3) is 0.211. The van der Waals surface area contributed by atoms with Crippen molar-refractivity contribution in [2.24, 2.45) is 4.99 Å². The number of benzene rings is 2. The maximum Gasteiger partial charge on any atom is 0.240 e. The van der Waals surface area contributed by atoms with Gasteiger partial charge in [0.25, 0.3) is 0 Å². The summed E-state index contributed by atoms with van der Waals surface area (Å²) < 4.78 is 0. The van der Waals surface area contributed by atoms with Crippen molar-refractivity contribution in [3.05, 3.63) is 60.2 Å². The smallest absolute Gasteiger partial charge is 0.240 e. The molecule has 1 aliphatic heterocycles. The Morgan fingerprint density at radius 1 is 1.16 bits per heavy atom. The second-order valence-corrected chi connectivity index (χ2v) is 6.84. The number of amidine groups is 1. The molecule has 3 rings (SSSR count). The molecule has 0 unspecified atom stereocenters. The monoisotopic (exact) mass is 353 g/mol. The second-order valence-electron chi connectivity index (χ2n) is 5.65. The van der Waals surface area contributed by atoms with Crippen LogP contribution in [0.3, 0.4) is 0 Å². The van der Waals surface area contributed by atoms with E-state index in [4.69, 9.17) is 0 Å². The summed E-state index contributed by atoms with van der Waals surface area (Å²) in [4.78, 5) is 28.6. The molecule has 0 radical (unpaired) electrons. The maximum absolute atomic E-state index is 12.1. The van der Waals surface area contributed by atoms with Crippen LogP contribution in [0, 0.1) is 0 Å².